The lowest BCUT2D eigenvalue weighted by Gasteiger charge is -2.18. The molecule has 0 radical (unpaired) electrons. The van der Waals surface area contributed by atoms with Crippen LogP contribution in [0.5, 0.6) is 0 Å². The second kappa shape index (κ2) is 5.32. The number of rotatable bonds is 2. The Morgan fingerprint density at radius 3 is 2.47 bits per heavy atom. The SMILES string of the molecule is CC(C)(CI)C(=N)C#Cc1ccccc1. The molecule has 0 atom stereocenters. The molecule has 0 bridgehead atoms. The molecule has 1 rings (SSSR count). The molecule has 0 spiro atoms. The summed E-state index contributed by atoms with van der Waals surface area (Å²) in [6.45, 7) is 4.09. The number of hydrogen-bond donors (Lipinski definition) is 1. The zero-order valence-corrected chi connectivity index (χ0v) is 11.1. The lowest BCUT2D eigenvalue weighted by Crippen LogP contribution is -2.23. The third-order valence-corrected chi connectivity index (χ3v) is 4.02. The van der Waals surface area contributed by atoms with Crippen molar-refractivity contribution in [3.8, 4) is 11.8 Å². The minimum Gasteiger partial charge on any atom is -0.296 e. The lowest BCUT2D eigenvalue weighted by molar-refractivity contribution is 0.616. The molecule has 2 heteroatoms. The molecule has 1 N–H and O–H groups in total. The largest absolute Gasteiger partial charge is 0.296 e. The Hall–Kier alpha value is -0.820. The Labute approximate surface area is 105 Å². The van der Waals surface area contributed by atoms with Crippen LogP contribution in [0.2, 0.25) is 0 Å². The molecule has 1 aromatic carbocycles. The van der Waals surface area contributed by atoms with Crippen LogP contribution in [0.1, 0.15) is 19.4 Å². The first-order valence-electron chi connectivity index (χ1n) is 4.78. The summed E-state index contributed by atoms with van der Waals surface area (Å²) in [5.41, 5.74) is 1.34. The average Bonchev–Trinajstić information content (AvgIpc) is 2.27. The molecular formula is C13H14IN. The third-order valence-electron chi connectivity index (χ3n) is 2.12. The van der Waals surface area contributed by atoms with Gasteiger partial charge in [0.25, 0.3) is 0 Å². The highest BCUT2D eigenvalue weighted by Crippen LogP contribution is 2.19. The van der Waals surface area contributed by atoms with Crippen molar-refractivity contribution in [1.29, 1.82) is 5.41 Å². The minimum absolute atomic E-state index is 0.123. The van der Waals surface area contributed by atoms with Crippen molar-refractivity contribution in [2.24, 2.45) is 5.41 Å². The molecule has 0 heterocycles. The van der Waals surface area contributed by atoms with E-state index < -0.39 is 0 Å². The van der Waals surface area contributed by atoms with E-state index in [1.54, 1.807) is 0 Å². The van der Waals surface area contributed by atoms with Crippen LogP contribution in [0, 0.1) is 22.7 Å². The molecule has 0 fully saturated rings. The van der Waals surface area contributed by atoms with Crippen molar-refractivity contribution in [3.05, 3.63) is 35.9 Å². The molecular weight excluding hydrogens is 297 g/mol. The van der Waals surface area contributed by atoms with Crippen molar-refractivity contribution < 1.29 is 0 Å². The van der Waals surface area contributed by atoms with Gasteiger partial charge in [0.05, 0.1) is 5.71 Å². The normalized spacial score (nSPS) is 10.3. The van der Waals surface area contributed by atoms with E-state index in [2.05, 4.69) is 34.4 Å². The molecule has 0 aromatic heterocycles. The fraction of sp³-hybridized carbons (Fsp3) is 0.308. The van der Waals surface area contributed by atoms with Gasteiger partial charge in [-0.3, -0.25) is 5.41 Å². The van der Waals surface area contributed by atoms with Gasteiger partial charge in [-0.25, -0.2) is 0 Å². The molecule has 0 amide bonds. The number of hydrogen-bond acceptors (Lipinski definition) is 1. The number of nitrogens with one attached hydrogen (secondary N) is 1. The van der Waals surface area contributed by atoms with Crippen LogP contribution in [-0.2, 0) is 0 Å². The molecule has 0 saturated heterocycles. The standard InChI is InChI=1S/C13H14IN/c1-13(2,10-14)12(15)9-8-11-6-4-3-5-7-11/h3-7,15H,10H2,1-2H3. The van der Waals surface area contributed by atoms with E-state index in [1.165, 1.54) is 0 Å². The van der Waals surface area contributed by atoms with Gasteiger partial charge in [-0.15, -0.1) is 0 Å². The summed E-state index contributed by atoms with van der Waals surface area (Å²) in [7, 11) is 0. The summed E-state index contributed by atoms with van der Waals surface area (Å²) in [6.07, 6.45) is 0. The summed E-state index contributed by atoms with van der Waals surface area (Å²) in [5, 5.41) is 7.86. The van der Waals surface area contributed by atoms with Crippen LogP contribution in [-0.4, -0.2) is 10.1 Å². The Morgan fingerprint density at radius 2 is 1.93 bits per heavy atom. The van der Waals surface area contributed by atoms with Gasteiger partial charge < -0.3 is 0 Å². The molecule has 0 aliphatic rings. The van der Waals surface area contributed by atoms with E-state index >= 15 is 0 Å². The smallest absolute Gasteiger partial charge is 0.0876 e. The van der Waals surface area contributed by atoms with Crippen LogP contribution < -0.4 is 0 Å². The number of alkyl halides is 1. The van der Waals surface area contributed by atoms with Crippen molar-refractivity contribution in [2.75, 3.05) is 4.43 Å². The van der Waals surface area contributed by atoms with Gasteiger partial charge in [-0.2, -0.15) is 0 Å². The van der Waals surface area contributed by atoms with Gasteiger partial charge in [-0.1, -0.05) is 60.6 Å². The predicted octanol–water partition coefficient (Wildman–Crippen LogP) is 3.52. The van der Waals surface area contributed by atoms with Crippen molar-refractivity contribution in [1.82, 2.24) is 0 Å². The highest BCUT2D eigenvalue weighted by molar-refractivity contribution is 14.1. The topological polar surface area (TPSA) is 23.9 Å². The average molecular weight is 311 g/mol. The van der Waals surface area contributed by atoms with Gasteiger partial charge in [-0.05, 0) is 18.1 Å². The van der Waals surface area contributed by atoms with Gasteiger partial charge in [0.1, 0.15) is 0 Å². The molecule has 0 aliphatic carbocycles. The quantitative estimate of drug-likeness (QED) is 0.374. The van der Waals surface area contributed by atoms with Crippen LogP contribution in [0.3, 0.4) is 0 Å². The monoisotopic (exact) mass is 311 g/mol. The van der Waals surface area contributed by atoms with E-state index in [4.69, 9.17) is 5.41 Å². The van der Waals surface area contributed by atoms with Gasteiger partial charge in [0, 0.05) is 15.4 Å². The molecule has 0 unspecified atom stereocenters. The second-order valence-electron chi connectivity index (χ2n) is 4.01. The first-order valence-corrected chi connectivity index (χ1v) is 6.31. The zero-order chi connectivity index (χ0) is 11.3. The van der Waals surface area contributed by atoms with E-state index in [0.717, 1.165) is 9.99 Å². The Kier molecular flexibility index (Phi) is 4.34. The fourth-order valence-corrected chi connectivity index (χ4v) is 1.27. The van der Waals surface area contributed by atoms with E-state index in [-0.39, 0.29) is 5.41 Å². The first kappa shape index (κ1) is 12.3. The van der Waals surface area contributed by atoms with Crippen LogP contribution >= 0.6 is 22.6 Å². The van der Waals surface area contributed by atoms with Crippen LogP contribution in [0.25, 0.3) is 0 Å². The molecule has 78 valence electrons. The van der Waals surface area contributed by atoms with Gasteiger partial charge >= 0.3 is 0 Å². The van der Waals surface area contributed by atoms with Crippen LogP contribution in [0.4, 0.5) is 0 Å². The maximum Gasteiger partial charge on any atom is 0.0876 e. The highest BCUT2D eigenvalue weighted by Gasteiger charge is 2.20. The number of halogens is 1. The fourth-order valence-electron chi connectivity index (χ4n) is 0.892. The Morgan fingerprint density at radius 1 is 1.33 bits per heavy atom. The molecule has 15 heavy (non-hydrogen) atoms. The molecule has 1 nitrogen and oxygen atoms in total. The van der Waals surface area contributed by atoms with Gasteiger partial charge in [0.15, 0.2) is 0 Å². The molecule has 0 saturated carbocycles. The zero-order valence-electron chi connectivity index (χ0n) is 8.97. The highest BCUT2D eigenvalue weighted by atomic mass is 127. The lowest BCUT2D eigenvalue weighted by atomic mass is 9.90. The molecule has 1 aromatic rings. The Balaban J connectivity index is 2.80. The minimum atomic E-state index is -0.123. The second-order valence-corrected chi connectivity index (χ2v) is 4.77. The van der Waals surface area contributed by atoms with Gasteiger partial charge in [0.2, 0.25) is 0 Å². The van der Waals surface area contributed by atoms with Crippen molar-refractivity contribution in [3.63, 3.8) is 0 Å². The number of benzene rings is 1. The summed E-state index contributed by atoms with van der Waals surface area (Å²) >= 11 is 2.29. The van der Waals surface area contributed by atoms with E-state index in [9.17, 15) is 0 Å². The maximum atomic E-state index is 7.86. The summed E-state index contributed by atoms with van der Waals surface area (Å²) in [6, 6.07) is 9.79. The van der Waals surface area contributed by atoms with Crippen molar-refractivity contribution >= 4 is 28.3 Å². The maximum absolute atomic E-state index is 7.86. The summed E-state index contributed by atoms with van der Waals surface area (Å²) in [4.78, 5) is 0. The third kappa shape index (κ3) is 3.67. The summed E-state index contributed by atoms with van der Waals surface area (Å²) in [5.74, 6) is 5.93. The van der Waals surface area contributed by atoms with Crippen LogP contribution in [0.15, 0.2) is 30.3 Å². The predicted molar refractivity (Wildman–Crippen MR) is 73.7 cm³/mol. The van der Waals surface area contributed by atoms with E-state index in [1.807, 2.05) is 44.2 Å². The molecule has 0 aliphatic heterocycles. The van der Waals surface area contributed by atoms with E-state index in [0.29, 0.717) is 5.71 Å². The van der Waals surface area contributed by atoms with Crippen molar-refractivity contribution in [2.45, 2.75) is 13.8 Å². The summed E-state index contributed by atoms with van der Waals surface area (Å²) < 4.78 is 0.910. The first-order chi connectivity index (χ1) is 7.06. The Bertz CT molecular complexity index is 396.